The molecule has 1 heterocycles. The summed E-state index contributed by atoms with van der Waals surface area (Å²) in [6.45, 7) is 1.67. The number of benzene rings is 1. The van der Waals surface area contributed by atoms with E-state index in [1.165, 1.54) is 12.1 Å². The van der Waals surface area contributed by atoms with Crippen molar-refractivity contribution in [1.29, 1.82) is 0 Å². The van der Waals surface area contributed by atoms with Crippen molar-refractivity contribution in [2.24, 2.45) is 0 Å². The average Bonchev–Trinajstić information content (AvgIpc) is 2.99. The van der Waals surface area contributed by atoms with Crippen LogP contribution in [0.25, 0.3) is 0 Å². The molecule has 130 valence electrons. The molecule has 1 aliphatic heterocycles. The first kappa shape index (κ1) is 20.4. The number of nitrogens with one attached hydrogen (secondary N) is 3. The maximum Gasteiger partial charge on any atom is 0.240 e. The van der Waals surface area contributed by atoms with Crippen molar-refractivity contribution in [3.8, 4) is 0 Å². The number of rotatable bonds is 7. The molecule has 1 fully saturated rings. The van der Waals surface area contributed by atoms with Gasteiger partial charge in [0.05, 0.1) is 4.90 Å². The van der Waals surface area contributed by atoms with Crippen LogP contribution in [0.4, 0.5) is 0 Å². The Bertz CT molecular complexity index is 604. The van der Waals surface area contributed by atoms with E-state index in [2.05, 4.69) is 31.3 Å². The Hall–Kier alpha value is -0.670. The molecule has 6 nitrogen and oxygen atoms in total. The Morgan fingerprint density at radius 1 is 1.30 bits per heavy atom. The zero-order valence-corrected chi connectivity index (χ0v) is 15.8. The van der Waals surface area contributed by atoms with Gasteiger partial charge in [-0.1, -0.05) is 15.9 Å². The smallest absolute Gasteiger partial charge is 0.240 e. The van der Waals surface area contributed by atoms with Crippen molar-refractivity contribution in [2.75, 3.05) is 19.6 Å². The number of amides is 1. The van der Waals surface area contributed by atoms with E-state index < -0.39 is 10.0 Å². The molecule has 9 heteroatoms. The molecular weight excluding hydrogens is 406 g/mol. The second-order valence-electron chi connectivity index (χ2n) is 5.20. The summed E-state index contributed by atoms with van der Waals surface area (Å²) in [5.41, 5.74) is 0. The molecule has 0 aliphatic carbocycles. The third-order valence-corrected chi connectivity index (χ3v) is 5.48. The predicted octanol–water partition coefficient (Wildman–Crippen LogP) is 1.41. The van der Waals surface area contributed by atoms with Crippen molar-refractivity contribution >= 4 is 44.3 Å². The van der Waals surface area contributed by atoms with Crippen LogP contribution < -0.4 is 15.4 Å². The molecule has 0 bridgehead atoms. The number of sulfonamides is 1. The van der Waals surface area contributed by atoms with Crippen molar-refractivity contribution < 1.29 is 13.2 Å². The van der Waals surface area contributed by atoms with E-state index in [1.54, 1.807) is 12.1 Å². The van der Waals surface area contributed by atoms with E-state index in [1.807, 2.05) is 0 Å². The Labute approximate surface area is 151 Å². The van der Waals surface area contributed by atoms with Crippen LogP contribution in [0.3, 0.4) is 0 Å². The third-order valence-electron chi connectivity index (χ3n) is 3.48. The van der Waals surface area contributed by atoms with Crippen molar-refractivity contribution in [1.82, 2.24) is 15.4 Å². The molecule has 1 amide bonds. The zero-order chi connectivity index (χ0) is 16.0. The number of halogens is 2. The van der Waals surface area contributed by atoms with E-state index in [4.69, 9.17) is 0 Å². The topological polar surface area (TPSA) is 87.3 Å². The highest BCUT2D eigenvalue weighted by Crippen LogP contribution is 2.14. The molecule has 1 saturated heterocycles. The highest BCUT2D eigenvalue weighted by atomic mass is 79.9. The van der Waals surface area contributed by atoms with Crippen LogP contribution in [0.1, 0.15) is 19.3 Å². The molecule has 0 spiro atoms. The fraction of sp³-hybridized carbons (Fsp3) is 0.500. The lowest BCUT2D eigenvalue weighted by atomic mass is 10.2. The van der Waals surface area contributed by atoms with Gasteiger partial charge in [0, 0.05) is 30.0 Å². The van der Waals surface area contributed by atoms with E-state index >= 15 is 0 Å². The minimum Gasteiger partial charge on any atom is -0.354 e. The standard InChI is InChI=1S/C14H20BrN3O3S.ClH/c15-11-3-5-13(6-4-11)22(20,21)18-9-7-14(19)17-10-12-2-1-8-16-12;/h3-6,12,16,18H,1-2,7-10H2,(H,17,19);1H. The summed E-state index contributed by atoms with van der Waals surface area (Å²) in [5, 5.41) is 6.10. The van der Waals surface area contributed by atoms with Crippen LogP contribution in [0.2, 0.25) is 0 Å². The summed E-state index contributed by atoms with van der Waals surface area (Å²) in [6.07, 6.45) is 2.33. The van der Waals surface area contributed by atoms with Gasteiger partial charge in [-0.2, -0.15) is 0 Å². The second kappa shape index (κ2) is 9.58. The Morgan fingerprint density at radius 2 is 2.00 bits per heavy atom. The van der Waals surface area contributed by atoms with Crippen LogP contribution >= 0.6 is 28.3 Å². The molecule has 1 unspecified atom stereocenters. The number of carbonyl (C=O) groups is 1. The fourth-order valence-electron chi connectivity index (χ4n) is 2.25. The van der Waals surface area contributed by atoms with Gasteiger partial charge in [0.25, 0.3) is 0 Å². The Morgan fingerprint density at radius 3 is 2.61 bits per heavy atom. The monoisotopic (exact) mass is 425 g/mol. The first-order valence-corrected chi connectivity index (χ1v) is 9.50. The van der Waals surface area contributed by atoms with Crippen LogP contribution in [0.15, 0.2) is 33.6 Å². The maximum absolute atomic E-state index is 12.0. The summed E-state index contributed by atoms with van der Waals surface area (Å²) in [7, 11) is -3.57. The lowest BCUT2D eigenvalue weighted by Gasteiger charge is -2.11. The van der Waals surface area contributed by atoms with Crippen molar-refractivity contribution in [3.05, 3.63) is 28.7 Å². The molecule has 1 aliphatic rings. The SMILES string of the molecule is Cl.O=C(CCNS(=O)(=O)c1ccc(Br)cc1)NCC1CCCN1. The quantitative estimate of drug-likeness (QED) is 0.615. The molecule has 0 radical (unpaired) electrons. The summed E-state index contributed by atoms with van der Waals surface area (Å²) >= 11 is 3.26. The Balaban J connectivity index is 0.00000264. The van der Waals surface area contributed by atoms with Gasteiger partial charge in [-0.25, -0.2) is 13.1 Å². The van der Waals surface area contributed by atoms with Gasteiger partial charge in [-0.05, 0) is 43.7 Å². The zero-order valence-electron chi connectivity index (χ0n) is 12.5. The highest BCUT2D eigenvalue weighted by Gasteiger charge is 2.16. The normalized spacial score (nSPS) is 17.5. The number of hydrogen-bond donors (Lipinski definition) is 3. The summed E-state index contributed by atoms with van der Waals surface area (Å²) in [4.78, 5) is 11.9. The molecule has 0 aromatic heterocycles. The highest BCUT2D eigenvalue weighted by molar-refractivity contribution is 9.10. The van der Waals surface area contributed by atoms with Gasteiger partial charge in [-0.15, -0.1) is 12.4 Å². The minimum absolute atomic E-state index is 0. The molecule has 1 atom stereocenters. The van der Waals surface area contributed by atoms with Crippen molar-refractivity contribution in [2.45, 2.75) is 30.2 Å². The van der Waals surface area contributed by atoms with E-state index in [9.17, 15) is 13.2 Å². The third kappa shape index (κ3) is 6.76. The average molecular weight is 427 g/mol. The van der Waals surface area contributed by atoms with Gasteiger partial charge in [-0.3, -0.25) is 4.79 Å². The fourth-order valence-corrected chi connectivity index (χ4v) is 3.55. The maximum atomic E-state index is 12.0. The summed E-state index contributed by atoms with van der Waals surface area (Å²) in [6, 6.07) is 6.69. The lowest BCUT2D eigenvalue weighted by Crippen LogP contribution is -2.38. The number of hydrogen-bond acceptors (Lipinski definition) is 4. The van der Waals surface area contributed by atoms with Crippen LogP contribution in [0.5, 0.6) is 0 Å². The molecule has 23 heavy (non-hydrogen) atoms. The Kier molecular flexibility index (Phi) is 8.49. The van der Waals surface area contributed by atoms with E-state index in [-0.39, 0.29) is 36.2 Å². The predicted molar refractivity (Wildman–Crippen MR) is 95.2 cm³/mol. The van der Waals surface area contributed by atoms with Gasteiger partial charge in [0.15, 0.2) is 0 Å². The molecular formula is C14H21BrClN3O3S. The summed E-state index contributed by atoms with van der Waals surface area (Å²) in [5.74, 6) is -0.146. The van der Waals surface area contributed by atoms with Gasteiger partial charge >= 0.3 is 0 Å². The van der Waals surface area contributed by atoms with Gasteiger partial charge in [0.1, 0.15) is 0 Å². The number of carbonyl (C=O) groups excluding carboxylic acids is 1. The molecule has 0 saturated carbocycles. The minimum atomic E-state index is -3.57. The largest absolute Gasteiger partial charge is 0.354 e. The molecule has 2 rings (SSSR count). The first-order valence-electron chi connectivity index (χ1n) is 7.23. The van der Waals surface area contributed by atoms with Crippen LogP contribution in [-0.2, 0) is 14.8 Å². The second-order valence-corrected chi connectivity index (χ2v) is 7.88. The first-order chi connectivity index (χ1) is 10.5. The van der Waals surface area contributed by atoms with Crippen molar-refractivity contribution in [3.63, 3.8) is 0 Å². The lowest BCUT2D eigenvalue weighted by molar-refractivity contribution is -0.121. The van der Waals surface area contributed by atoms with Crippen LogP contribution in [-0.4, -0.2) is 40.0 Å². The van der Waals surface area contributed by atoms with E-state index in [0.717, 1.165) is 23.9 Å². The van der Waals surface area contributed by atoms with Gasteiger partial charge < -0.3 is 10.6 Å². The van der Waals surface area contributed by atoms with Crippen LogP contribution in [0, 0.1) is 0 Å². The summed E-state index contributed by atoms with van der Waals surface area (Å²) < 4.78 is 27.3. The van der Waals surface area contributed by atoms with E-state index in [0.29, 0.717) is 12.6 Å². The molecule has 1 aromatic rings. The molecule has 1 aromatic carbocycles. The molecule has 3 N–H and O–H groups in total. The van der Waals surface area contributed by atoms with Gasteiger partial charge in [0.2, 0.25) is 15.9 Å².